The average molecular weight is 276 g/mol. The second-order valence-corrected chi connectivity index (χ2v) is 6.64. The maximum absolute atomic E-state index is 11.8. The van der Waals surface area contributed by atoms with Crippen LogP contribution in [0.3, 0.4) is 0 Å². The Morgan fingerprint density at radius 1 is 1.40 bits per heavy atom. The monoisotopic (exact) mass is 276 g/mol. The zero-order valence-corrected chi connectivity index (χ0v) is 12.8. The van der Waals surface area contributed by atoms with E-state index in [0.29, 0.717) is 18.3 Å². The van der Waals surface area contributed by atoms with Gasteiger partial charge in [-0.05, 0) is 30.8 Å². The van der Waals surface area contributed by atoms with Crippen LogP contribution in [0.15, 0.2) is 23.8 Å². The third-order valence-electron chi connectivity index (χ3n) is 4.61. The molecule has 1 fully saturated rings. The summed E-state index contributed by atoms with van der Waals surface area (Å²) in [4.78, 5) is 23.1. The number of carbonyl (C=O) groups excluding carboxylic acids is 2. The highest BCUT2D eigenvalue weighted by atomic mass is 16.5. The summed E-state index contributed by atoms with van der Waals surface area (Å²) in [5.41, 5.74) is 1.29. The predicted octanol–water partition coefficient (Wildman–Crippen LogP) is 3.45. The molecule has 0 spiro atoms. The summed E-state index contributed by atoms with van der Waals surface area (Å²) in [6.45, 7) is 7.88. The lowest BCUT2D eigenvalue weighted by atomic mass is 9.99. The summed E-state index contributed by atoms with van der Waals surface area (Å²) in [6, 6.07) is 0. The van der Waals surface area contributed by atoms with Crippen LogP contribution in [0.2, 0.25) is 0 Å². The van der Waals surface area contributed by atoms with Crippen LogP contribution in [0.25, 0.3) is 0 Å². The third-order valence-corrected chi connectivity index (χ3v) is 4.61. The Hall–Kier alpha value is -1.38. The molecule has 0 aromatic rings. The quantitative estimate of drug-likeness (QED) is 0.544. The highest BCUT2D eigenvalue weighted by Crippen LogP contribution is 2.62. The maximum Gasteiger partial charge on any atom is 0.302 e. The Morgan fingerprint density at radius 2 is 2.10 bits per heavy atom. The van der Waals surface area contributed by atoms with Crippen molar-refractivity contribution < 1.29 is 14.3 Å². The number of hydrogen-bond donors (Lipinski definition) is 0. The molecule has 0 aromatic carbocycles. The van der Waals surface area contributed by atoms with Crippen molar-refractivity contribution >= 4 is 11.8 Å². The molecule has 0 aliphatic heterocycles. The Balaban J connectivity index is 2.25. The molecule has 110 valence electrons. The van der Waals surface area contributed by atoms with E-state index in [1.807, 2.05) is 6.08 Å². The van der Waals surface area contributed by atoms with Crippen molar-refractivity contribution in [3.63, 3.8) is 0 Å². The van der Waals surface area contributed by atoms with Crippen LogP contribution < -0.4 is 0 Å². The predicted molar refractivity (Wildman–Crippen MR) is 78.1 cm³/mol. The maximum atomic E-state index is 11.8. The number of ketones is 1. The first kappa shape index (κ1) is 15.0. The van der Waals surface area contributed by atoms with Crippen LogP contribution in [0, 0.1) is 17.3 Å². The van der Waals surface area contributed by atoms with Gasteiger partial charge in [-0.25, -0.2) is 0 Å². The molecule has 0 N–H and O–H groups in total. The molecule has 2 aliphatic rings. The molecule has 3 atom stereocenters. The highest BCUT2D eigenvalue weighted by molar-refractivity contribution is 5.89. The van der Waals surface area contributed by atoms with Crippen molar-refractivity contribution in [2.45, 2.75) is 53.1 Å². The van der Waals surface area contributed by atoms with Crippen molar-refractivity contribution in [3.8, 4) is 0 Å². The minimum Gasteiger partial charge on any atom is -0.462 e. The first-order valence-electron chi connectivity index (χ1n) is 7.36. The minimum atomic E-state index is -0.223. The van der Waals surface area contributed by atoms with Crippen molar-refractivity contribution in [2.75, 3.05) is 0 Å². The van der Waals surface area contributed by atoms with Gasteiger partial charge in [-0.2, -0.15) is 0 Å². The summed E-state index contributed by atoms with van der Waals surface area (Å²) in [5, 5.41) is 0. The summed E-state index contributed by atoms with van der Waals surface area (Å²) < 4.78 is 5.55. The van der Waals surface area contributed by atoms with Gasteiger partial charge in [0.15, 0.2) is 5.78 Å². The Kier molecular flexibility index (Phi) is 4.17. The summed E-state index contributed by atoms with van der Waals surface area (Å²) in [6.07, 6.45) is 7.84. The molecule has 20 heavy (non-hydrogen) atoms. The van der Waals surface area contributed by atoms with E-state index in [2.05, 4.69) is 26.8 Å². The second kappa shape index (κ2) is 5.55. The van der Waals surface area contributed by atoms with Crippen LogP contribution >= 0.6 is 0 Å². The number of hydrogen-bond acceptors (Lipinski definition) is 3. The molecule has 0 bridgehead atoms. The second-order valence-electron chi connectivity index (χ2n) is 6.64. The van der Waals surface area contributed by atoms with Crippen molar-refractivity contribution in [1.82, 2.24) is 0 Å². The molecule has 2 rings (SSSR count). The standard InChI is InChI=1S/C17H24O3/c1-11-6-5-7-13(19)8-9-14-16(17(14,3)4)15(10-11)20-12(2)18/h6,8-9,14-16H,5,7,10H2,1-4H3/b9-8-,11-6-/t14-,15+,16-/m0/s1. The van der Waals surface area contributed by atoms with Crippen LogP contribution in [0.1, 0.15) is 47.0 Å². The summed E-state index contributed by atoms with van der Waals surface area (Å²) in [7, 11) is 0. The van der Waals surface area contributed by atoms with Crippen molar-refractivity contribution in [2.24, 2.45) is 17.3 Å². The molecule has 0 amide bonds. The highest BCUT2D eigenvalue weighted by Gasteiger charge is 2.60. The molecular weight excluding hydrogens is 252 g/mol. The number of carbonyl (C=O) groups is 2. The van der Waals surface area contributed by atoms with E-state index in [0.717, 1.165) is 12.8 Å². The lowest BCUT2D eigenvalue weighted by molar-refractivity contribution is -0.147. The van der Waals surface area contributed by atoms with E-state index < -0.39 is 0 Å². The van der Waals surface area contributed by atoms with Gasteiger partial charge in [-0.15, -0.1) is 0 Å². The molecule has 0 aromatic heterocycles. The number of fused-ring (bicyclic) bond motifs is 1. The number of allylic oxidation sites excluding steroid dienone is 3. The van der Waals surface area contributed by atoms with Crippen LogP contribution in [0.5, 0.6) is 0 Å². The molecule has 3 nitrogen and oxygen atoms in total. The van der Waals surface area contributed by atoms with Gasteiger partial charge in [0, 0.05) is 25.7 Å². The molecule has 0 saturated heterocycles. The van der Waals surface area contributed by atoms with E-state index in [4.69, 9.17) is 4.74 Å². The number of ether oxygens (including phenoxy) is 1. The molecule has 0 unspecified atom stereocenters. The van der Waals surface area contributed by atoms with Gasteiger partial charge in [0.25, 0.3) is 0 Å². The molecule has 1 saturated carbocycles. The Bertz CT molecular complexity index is 471. The Labute approximate surface area is 121 Å². The van der Waals surface area contributed by atoms with Gasteiger partial charge in [0.1, 0.15) is 6.10 Å². The Morgan fingerprint density at radius 3 is 2.75 bits per heavy atom. The first-order chi connectivity index (χ1) is 9.32. The fourth-order valence-corrected chi connectivity index (χ4v) is 3.41. The van der Waals surface area contributed by atoms with Crippen LogP contribution in [0.4, 0.5) is 0 Å². The minimum absolute atomic E-state index is 0.0818. The van der Waals surface area contributed by atoms with Crippen molar-refractivity contribution in [3.05, 3.63) is 23.8 Å². The molecule has 0 radical (unpaired) electrons. The average Bonchev–Trinajstić information content (AvgIpc) is 2.86. The molecule has 0 heterocycles. The molecule has 3 heteroatoms. The zero-order valence-electron chi connectivity index (χ0n) is 12.8. The third kappa shape index (κ3) is 3.20. The summed E-state index contributed by atoms with van der Waals surface area (Å²) >= 11 is 0. The van der Waals surface area contributed by atoms with Gasteiger partial charge in [0.2, 0.25) is 0 Å². The van der Waals surface area contributed by atoms with Gasteiger partial charge in [-0.3, -0.25) is 9.59 Å². The smallest absolute Gasteiger partial charge is 0.302 e. The van der Waals surface area contributed by atoms with Gasteiger partial charge < -0.3 is 4.74 Å². The fraction of sp³-hybridized carbons (Fsp3) is 0.647. The van der Waals surface area contributed by atoms with Gasteiger partial charge in [0.05, 0.1) is 0 Å². The topological polar surface area (TPSA) is 43.4 Å². The summed E-state index contributed by atoms with van der Waals surface area (Å²) in [5.74, 6) is 0.583. The SMILES string of the molecule is CC(=O)O[C@@H]1C/C(C)=C\CCC(=O)/C=C\[C@H]2[C@@H]1C2(C)C. The zero-order chi connectivity index (χ0) is 14.9. The van der Waals surface area contributed by atoms with Gasteiger partial charge in [-0.1, -0.05) is 31.6 Å². The lowest BCUT2D eigenvalue weighted by Gasteiger charge is -2.19. The van der Waals surface area contributed by atoms with E-state index in [9.17, 15) is 9.59 Å². The first-order valence-corrected chi connectivity index (χ1v) is 7.36. The molecule has 2 aliphatic carbocycles. The lowest BCUT2D eigenvalue weighted by Crippen LogP contribution is -2.21. The van der Waals surface area contributed by atoms with E-state index >= 15 is 0 Å². The van der Waals surface area contributed by atoms with Gasteiger partial charge >= 0.3 is 5.97 Å². The van der Waals surface area contributed by atoms with E-state index in [1.54, 1.807) is 6.08 Å². The largest absolute Gasteiger partial charge is 0.462 e. The number of esters is 1. The van der Waals surface area contributed by atoms with Crippen LogP contribution in [-0.4, -0.2) is 17.9 Å². The normalized spacial score (nSPS) is 36.9. The molecular formula is C17H24O3. The van der Waals surface area contributed by atoms with Crippen molar-refractivity contribution in [1.29, 1.82) is 0 Å². The number of rotatable bonds is 1. The van der Waals surface area contributed by atoms with E-state index in [-0.39, 0.29) is 23.3 Å². The van der Waals surface area contributed by atoms with Crippen LogP contribution in [-0.2, 0) is 14.3 Å². The van der Waals surface area contributed by atoms with E-state index in [1.165, 1.54) is 12.5 Å². The fourth-order valence-electron chi connectivity index (χ4n) is 3.41.